The van der Waals surface area contributed by atoms with Crippen molar-refractivity contribution in [3.05, 3.63) is 70.1 Å². The first-order chi connectivity index (χ1) is 14.9. The lowest BCUT2D eigenvalue weighted by atomic mass is 10.2. The maximum atomic E-state index is 12.3. The minimum atomic E-state index is -0.665. The van der Waals surface area contributed by atoms with E-state index in [1.54, 1.807) is 37.3 Å². The molecule has 2 aromatic carbocycles. The molecule has 8 nitrogen and oxygen atoms in total. The third-order valence-corrected chi connectivity index (χ3v) is 4.67. The smallest absolute Gasteiger partial charge is 0.338 e. The zero-order valence-electron chi connectivity index (χ0n) is 17.2. The van der Waals surface area contributed by atoms with Crippen molar-refractivity contribution in [3.63, 3.8) is 0 Å². The summed E-state index contributed by atoms with van der Waals surface area (Å²) in [5.41, 5.74) is 2.36. The number of methoxy groups -OCH3 is 1. The minimum Gasteiger partial charge on any atom is -0.493 e. The maximum absolute atomic E-state index is 12.3. The molecule has 162 valence electrons. The highest BCUT2D eigenvalue weighted by molar-refractivity contribution is 6.30. The van der Waals surface area contributed by atoms with Crippen LogP contribution in [0.1, 0.15) is 27.4 Å². The zero-order chi connectivity index (χ0) is 22.4. The van der Waals surface area contributed by atoms with Gasteiger partial charge in [0.25, 0.3) is 5.91 Å². The molecular weight excluding hydrogens is 424 g/mol. The number of nitrogens with one attached hydrogen (secondary N) is 1. The van der Waals surface area contributed by atoms with Gasteiger partial charge in [0.15, 0.2) is 18.1 Å². The number of benzene rings is 2. The Morgan fingerprint density at radius 2 is 1.84 bits per heavy atom. The molecule has 1 N–H and O–H groups in total. The number of esters is 1. The van der Waals surface area contributed by atoms with Crippen LogP contribution >= 0.6 is 11.6 Å². The van der Waals surface area contributed by atoms with Gasteiger partial charge in [-0.25, -0.2) is 4.79 Å². The van der Waals surface area contributed by atoms with Crippen molar-refractivity contribution in [2.75, 3.05) is 19.0 Å². The highest BCUT2D eigenvalue weighted by Crippen LogP contribution is 2.29. The Hall–Kier alpha value is -3.52. The van der Waals surface area contributed by atoms with E-state index in [1.165, 1.54) is 19.2 Å². The quantitative estimate of drug-likeness (QED) is 0.516. The monoisotopic (exact) mass is 444 g/mol. The summed E-state index contributed by atoms with van der Waals surface area (Å²) < 4.78 is 21.3. The van der Waals surface area contributed by atoms with Crippen LogP contribution in [0.4, 0.5) is 5.69 Å². The summed E-state index contributed by atoms with van der Waals surface area (Å²) in [5.74, 6) is 0.337. The number of carbonyl (C=O) groups excluding carboxylic acids is 2. The molecule has 0 radical (unpaired) electrons. The second kappa shape index (κ2) is 9.99. The average molecular weight is 445 g/mol. The second-order valence-corrected chi connectivity index (χ2v) is 7.02. The number of anilines is 1. The van der Waals surface area contributed by atoms with E-state index >= 15 is 0 Å². The lowest BCUT2D eigenvalue weighted by Gasteiger charge is -2.12. The number of hydrogen-bond acceptors (Lipinski definition) is 7. The topological polar surface area (TPSA) is 99.9 Å². The molecule has 0 aliphatic heterocycles. The van der Waals surface area contributed by atoms with E-state index in [0.29, 0.717) is 28.0 Å². The fourth-order valence-electron chi connectivity index (χ4n) is 2.72. The van der Waals surface area contributed by atoms with Gasteiger partial charge in [-0.3, -0.25) is 4.79 Å². The molecule has 1 aromatic heterocycles. The Morgan fingerprint density at radius 3 is 2.48 bits per heavy atom. The van der Waals surface area contributed by atoms with Crippen LogP contribution < -0.4 is 14.8 Å². The van der Waals surface area contributed by atoms with Crippen LogP contribution in [0, 0.1) is 13.8 Å². The molecule has 0 spiro atoms. The third-order valence-electron chi connectivity index (χ3n) is 4.41. The van der Waals surface area contributed by atoms with Crippen LogP contribution in [0.2, 0.25) is 5.02 Å². The largest absolute Gasteiger partial charge is 0.493 e. The van der Waals surface area contributed by atoms with Crippen molar-refractivity contribution in [1.29, 1.82) is 0 Å². The molecule has 0 fully saturated rings. The van der Waals surface area contributed by atoms with Gasteiger partial charge in [0.05, 0.1) is 23.9 Å². The summed E-state index contributed by atoms with van der Waals surface area (Å²) in [6.07, 6.45) is 0. The van der Waals surface area contributed by atoms with Gasteiger partial charge in [-0.05, 0) is 56.3 Å². The number of halogens is 1. The molecule has 3 aromatic rings. The van der Waals surface area contributed by atoms with E-state index in [4.69, 9.17) is 30.3 Å². The van der Waals surface area contributed by atoms with Crippen molar-refractivity contribution >= 4 is 29.2 Å². The fourth-order valence-corrected chi connectivity index (χ4v) is 2.84. The number of amides is 1. The Morgan fingerprint density at radius 1 is 1.10 bits per heavy atom. The van der Waals surface area contributed by atoms with Crippen molar-refractivity contribution in [3.8, 4) is 11.5 Å². The number of carbonyl (C=O) groups is 2. The SMILES string of the molecule is COc1cc(C(=O)OCC(=O)Nc2ccc(Cl)cc2)ccc1OCc1c(C)noc1C. The van der Waals surface area contributed by atoms with Crippen molar-refractivity contribution in [2.45, 2.75) is 20.5 Å². The molecule has 1 amide bonds. The molecule has 31 heavy (non-hydrogen) atoms. The second-order valence-electron chi connectivity index (χ2n) is 6.59. The third kappa shape index (κ3) is 5.76. The van der Waals surface area contributed by atoms with Crippen molar-refractivity contribution in [2.24, 2.45) is 0 Å². The summed E-state index contributed by atoms with van der Waals surface area (Å²) in [4.78, 5) is 24.3. The summed E-state index contributed by atoms with van der Waals surface area (Å²) >= 11 is 5.81. The van der Waals surface area contributed by atoms with E-state index in [-0.39, 0.29) is 12.2 Å². The number of aromatic nitrogens is 1. The molecule has 0 aliphatic carbocycles. The summed E-state index contributed by atoms with van der Waals surface area (Å²) in [6.45, 7) is 3.44. The minimum absolute atomic E-state index is 0.223. The molecule has 0 saturated carbocycles. The van der Waals surface area contributed by atoms with Crippen molar-refractivity contribution in [1.82, 2.24) is 5.16 Å². The van der Waals surface area contributed by atoms with Crippen LogP contribution in [0.25, 0.3) is 0 Å². The lowest BCUT2D eigenvalue weighted by Crippen LogP contribution is -2.20. The predicted octanol–water partition coefficient (Wildman–Crippen LogP) is 4.33. The van der Waals surface area contributed by atoms with Gasteiger partial charge in [0.2, 0.25) is 0 Å². The van der Waals surface area contributed by atoms with E-state index in [9.17, 15) is 9.59 Å². The van der Waals surface area contributed by atoms with E-state index < -0.39 is 18.5 Å². The van der Waals surface area contributed by atoms with Crippen LogP contribution in [0.5, 0.6) is 11.5 Å². The Balaban J connectivity index is 1.58. The lowest BCUT2D eigenvalue weighted by molar-refractivity contribution is -0.119. The standard InChI is InChI=1S/C22H21ClN2O6/c1-13-18(14(2)31-25-13)11-29-19-9-4-15(10-20(19)28-3)22(27)30-12-21(26)24-17-7-5-16(23)6-8-17/h4-10H,11-12H2,1-3H3,(H,24,26). The van der Waals surface area contributed by atoms with Crippen LogP contribution in [-0.4, -0.2) is 30.7 Å². The number of aryl methyl sites for hydroxylation is 2. The van der Waals surface area contributed by atoms with Gasteiger partial charge < -0.3 is 24.1 Å². The molecular formula is C22H21ClN2O6. The zero-order valence-corrected chi connectivity index (χ0v) is 18.0. The van der Waals surface area contributed by atoms with E-state index in [0.717, 1.165) is 11.3 Å². The van der Waals surface area contributed by atoms with E-state index in [2.05, 4.69) is 10.5 Å². The number of rotatable bonds is 8. The Bertz CT molecular complexity index is 1060. The van der Waals surface area contributed by atoms with Crippen molar-refractivity contribution < 1.29 is 28.3 Å². The van der Waals surface area contributed by atoms with Gasteiger partial charge in [-0.1, -0.05) is 16.8 Å². The van der Waals surface area contributed by atoms with Crippen LogP contribution in [-0.2, 0) is 16.1 Å². The van der Waals surface area contributed by atoms with Gasteiger partial charge in [-0.2, -0.15) is 0 Å². The van der Waals surface area contributed by atoms with E-state index in [1.807, 2.05) is 6.92 Å². The molecule has 1 heterocycles. The number of nitrogens with zero attached hydrogens (tertiary/aromatic N) is 1. The predicted molar refractivity (Wildman–Crippen MR) is 114 cm³/mol. The highest BCUT2D eigenvalue weighted by atomic mass is 35.5. The average Bonchev–Trinajstić information content (AvgIpc) is 3.09. The fraction of sp³-hybridized carbons (Fsp3) is 0.227. The van der Waals surface area contributed by atoms with Gasteiger partial charge in [0, 0.05) is 10.7 Å². The molecule has 0 aliphatic rings. The first-order valence-electron chi connectivity index (χ1n) is 9.32. The van der Waals surface area contributed by atoms with Gasteiger partial charge in [-0.15, -0.1) is 0 Å². The first-order valence-corrected chi connectivity index (χ1v) is 9.70. The van der Waals surface area contributed by atoms with Crippen LogP contribution in [0.15, 0.2) is 47.0 Å². The van der Waals surface area contributed by atoms with Crippen LogP contribution in [0.3, 0.4) is 0 Å². The van der Waals surface area contributed by atoms with Gasteiger partial charge >= 0.3 is 5.97 Å². The van der Waals surface area contributed by atoms with Gasteiger partial charge in [0.1, 0.15) is 12.4 Å². The number of ether oxygens (including phenoxy) is 3. The molecule has 3 rings (SSSR count). The summed E-state index contributed by atoms with van der Waals surface area (Å²) in [7, 11) is 1.47. The normalized spacial score (nSPS) is 10.5. The first kappa shape index (κ1) is 22.2. The Labute approximate surface area is 184 Å². The molecule has 0 atom stereocenters. The Kier molecular flexibility index (Phi) is 7.15. The highest BCUT2D eigenvalue weighted by Gasteiger charge is 2.16. The molecule has 0 bridgehead atoms. The number of hydrogen-bond donors (Lipinski definition) is 1. The maximum Gasteiger partial charge on any atom is 0.338 e. The summed E-state index contributed by atoms with van der Waals surface area (Å²) in [5, 5.41) is 7.05. The molecule has 0 saturated heterocycles. The molecule has 9 heteroatoms. The summed E-state index contributed by atoms with van der Waals surface area (Å²) in [6, 6.07) is 11.2. The molecule has 0 unspecified atom stereocenters.